The minimum atomic E-state index is -0.165. The van der Waals surface area contributed by atoms with Crippen molar-refractivity contribution in [2.24, 2.45) is 40.4 Å². The molecule has 1 aliphatic heterocycles. The van der Waals surface area contributed by atoms with E-state index >= 15 is 0 Å². The molecule has 4 aliphatic rings. The number of carbonyl (C=O) groups excluding carboxylic acids is 1. The Hall–Kier alpha value is -1.48. The second-order valence-corrected chi connectivity index (χ2v) is 11.6. The zero-order valence-corrected chi connectivity index (χ0v) is 19.9. The van der Waals surface area contributed by atoms with Crippen LogP contribution in [-0.2, 0) is 9.53 Å². The van der Waals surface area contributed by atoms with Gasteiger partial charge in [-0.3, -0.25) is 0 Å². The summed E-state index contributed by atoms with van der Waals surface area (Å²) in [6.07, 6.45) is 9.99. The number of hydrogen-bond donors (Lipinski definition) is 0. The van der Waals surface area contributed by atoms with Gasteiger partial charge in [-0.05, 0) is 86.3 Å². The van der Waals surface area contributed by atoms with Gasteiger partial charge in [0.1, 0.15) is 11.9 Å². The van der Waals surface area contributed by atoms with Crippen LogP contribution in [0.5, 0.6) is 5.75 Å². The van der Waals surface area contributed by atoms with Crippen LogP contribution in [-0.4, -0.2) is 18.2 Å². The van der Waals surface area contributed by atoms with Gasteiger partial charge in [0.05, 0.1) is 6.10 Å². The summed E-state index contributed by atoms with van der Waals surface area (Å²) in [5.41, 5.74) is 0.277. The van der Waals surface area contributed by atoms with E-state index in [2.05, 4.69) is 33.8 Å². The van der Waals surface area contributed by atoms with Crippen LogP contribution >= 0.6 is 11.6 Å². The minimum Gasteiger partial charge on any atom is -0.490 e. The Balaban J connectivity index is 1.39. The van der Waals surface area contributed by atoms with Crippen molar-refractivity contribution < 1.29 is 14.3 Å². The highest BCUT2D eigenvalue weighted by Crippen LogP contribution is 2.67. The molecule has 3 saturated carbocycles. The molecule has 0 spiro atoms. The summed E-state index contributed by atoms with van der Waals surface area (Å²) in [5.74, 6) is 3.82. The molecule has 0 bridgehead atoms. The van der Waals surface area contributed by atoms with Crippen LogP contribution in [0.3, 0.4) is 0 Å². The number of halogens is 1. The number of fused-ring (bicyclic) bond motifs is 5. The summed E-state index contributed by atoms with van der Waals surface area (Å²) in [6, 6.07) is 7.78. The molecule has 31 heavy (non-hydrogen) atoms. The number of ether oxygens (including phenoxy) is 2. The molecule has 3 nitrogen and oxygen atoms in total. The van der Waals surface area contributed by atoms with Crippen molar-refractivity contribution in [2.75, 3.05) is 0 Å². The molecule has 0 aromatic heterocycles. The normalized spacial score (nSPS) is 44.6. The molecule has 4 heteroatoms. The van der Waals surface area contributed by atoms with Crippen molar-refractivity contribution in [2.45, 2.75) is 72.0 Å². The molecule has 1 aromatic carbocycles. The standard InChI is InChI=1S/C27H35ClO3/c1-16-14-23-27(4,13-11-24(29)31-23)22-10-12-26(3)20(8-9-21(26)25(16)22)17(2)30-19-7-5-6-18(28)15-19/h5-7,11,13,15-17,20-23,25H,8-10,12,14H2,1-4H3/t16-,17?,20+,21-,22-,23+,25-,26+,27+/m0/s1. The first-order chi connectivity index (χ1) is 14.7. The lowest BCUT2D eigenvalue weighted by molar-refractivity contribution is -0.176. The van der Waals surface area contributed by atoms with Gasteiger partial charge in [-0.1, -0.05) is 44.5 Å². The average Bonchev–Trinajstić information content (AvgIpc) is 3.06. The van der Waals surface area contributed by atoms with Crippen molar-refractivity contribution in [3.63, 3.8) is 0 Å². The lowest BCUT2D eigenvalue weighted by Crippen LogP contribution is -2.58. The van der Waals surface area contributed by atoms with Crippen molar-refractivity contribution in [3.8, 4) is 5.75 Å². The summed E-state index contributed by atoms with van der Waals surface area (Å²) in [6.45, 7) is 9.51. The van der Waals surface area contributed by atoms with E-state index in [1.807, 2.05) is 24.3 Å². The highest BCUT2D eigenvalue weighted by Gasteiger charge is 2.62. The topological polar surface area (TPSA) is 35.5 Å². The van der Waals surface area contributed by atoms with E-state index in [4.69, 9.17) is 21.1 Å². The smallest absolute Gasteiger partial charge is 0.330 e. The Morgan fingerprint density at radius 1 is 1.19 bits per heavy atom. The maximum Gasteiger partial charge on any atom is 0.330 e. The Morgan fingerprint density at radius 3 is 2.77 bits per heavy atom. The maximum absolute atomic E-state index is 11.9. The van der Waals surface area contributed by atoms with Gasteiger partial charge in [-0.2, -0.15) is 0 Å². The number of hydrogen-bond acceptors (Lipinski definition) is 3. The molecular formula is C27H35ClO3. The Kier molecular flexibility index (Phi) is 5.20. The number of rotatable bonds is 3. The molecule has 0 radical (unpaired) electrons. The Bertz CT molecular complexity index is 896. The summed E-state index contributed by atoms with van der Waals surface area (Å²) >= 11 is 6.18. The van der Waals surface area contributed by atoms with Crippen LogP contribution in [0, 0.1) is 40.4 Å². The third-order valence-corrected chi connectivity index (χ3v) is 9.90. The molecule has 1 unspecified atom stereocenters. The van der Waals surface area contributed by atoms with Crippen LogP contribution in [0.25, 0.3) is 0 Å². The van der Waals surface area contributed by atoms with Crippen molar-refractivity contribution in [1.29, 1.82) is 0 Å². The van der Waals surface area contributed by atoms with Crippen molar-refractivity contribution >= 4 is 17.6 Å². The molecule has 3 aliphatic carbocycles. The maximum atomic E-state index is 11.9. The van der Waals surface area contributed by atoms with Crippen molar-refractivity contribution in [3.05, 3.63) is 41.4 Å². The SMILES string of the molecule is CC(Oc1cccc(Cl)c1)[C@H]1CC[C@H]2[C@@H]3[C@@H](C)C[C@H]4OC(=O)C=C[C@]4(C)[C@H]3CC[C@]12C. The number of carbonyl (C=O) groups is 1. The van der Waals surface area contributed by atoms with Crippen LogP contribution < -0.4 is 4.74 Å². The zero-order chi connectivity index (χ0) is 22.0. The minimum absolute atomic E-state index is 0.0204. The van der Waals surface area contributed by atoms with E-state index in [1.165, 1.54) is 25.7 Å². The molecule has 168 valence electrons. The molecule has 0 saturated heterocycles. The van der Waals surface area contributed by atoms with Gasteiger partial charge < -0.3 is 9.47 Å². The highest BCUT2D eigenvalue weighted by molar-refractivity contribution is 6.30. The molecular weight excluding hydrogens is 408 g/mol. The molecule has 1 aromatic rings. The van der Waals surface area contributed by atoms with Crippen LogP contribution in [0.2, 0.25) is 5.02 Å². The fourth-order valence-corrected chi connectivity index (χ4v) is 8.36. The number of benzene rings is 1. The van der Waals surface area contributed by atoms with Crippen LogP contribution in [0.4, 0.5) is 0 Å². The van der Waals surface area contributed by atoms with E-state index in [9.17, 15) is 4.79 Å². The average molecular weight is 443 g/mol. The summed E-state index contributed by atoms with van der Waals surface area (Å²) in [5, 5.41) is 0.723. The summed E-state index contributed by atoms with van der Waals surface area (Å²) < 4.78 is 12.2. The largest absolute Gasteiger partial charge is 0.490 e. The fraction of sp³-hybridized carbons (Fsp3) is 0.667. The van der Waals surface area contributed by atoms with E-state index < -0.39 is 0 Å². The van der Waals surface area contributed by atoms with E-state index in [0.717, 1.165) is 17.2 Å². The number of esters is 1. The van der Waals surface area contributed by atoms with E-state index in [0.29, 0.717) is 35.0 Å². The van der Waals surface area contributed by atoms with Gasteiger partial charge in [-0.15, -0.1) is 0 Å². The monoisotopic (exact) mass is 442 g/mol. The molecule has 5 rings (SSSR count). The van der Waals surface area contributed by atoms with Gasteiger partial charge in [0.2, 0.25) is 0 Å². The Morgan fingerprint density at radius 2 is 2.00 bits per heavy atom. The molecule has 1 heterocycles. The lowest BCUT2D eigenvalue weighted by Gasteiger charge is -2.60. The summed E-state index contributed by atoms with van der Waals surface area (Å²) in [7, 11) is 0. The third kappa shape index (κ3) is 3.34. The predicted octanol–water partition coefficient (Wildman–Crippen LogP) is 6.69. The predicted molar refractivity (Wildman–Crippen MR) is 123 cm³/mol. The molecule has 9 atom stereocenters. The van der Waals surface area contributed by atoms with E-state index in [-0.39, 0.29) is 23.6 Å². The van der Waals surface area contributed by atoms with Gasteiger partial charge in [0.25, 0.3) is 0 Å². The second-order valence-electron chi connectivity index (χ2n) is 11.1. The van der Waals surface area contributed by atoms with Crippen LogP contribution in [0.1, 0.15) is 59.8 Å². The first kappa shape index (κ1) is 21.4. The van der Waals surface area contributed by atoms with Gasteiger partial charge in [0.15, 0.2) is 0 Å². The molecule has 0 N–H and O–H groups in total. The first-order valence-electron chi connectivity index (χ1n) is 12.0. The van der Waals surface area contributed by atoms with Crippen molar-refractivity contribution in [1.82, 2.24) is 0 Å². The van der Waals surface area contributed by atoms with Crippen LogP contribution in [0.15, 0.2) is 36.4 Å². The van der Waals surface area contributed by atoms with E-state index in [1.54, 1.807) is 6.08 Å². The fourth-order valence-electron chi connectivity index (χ4n) is 8.18. The van der Waals surface area contributed by atoms with Gasteiger partial charge in [-0.25, -0.2) is 4.79 Å². The lowest BCUT2D eigenvalue weighted by atomic mass is 9.46. The third-order valence-electron chi connectivity index (χ3n) is 9.66. The summed E-state index contributed by atoms with van der Waals surface area (Å²) in [4.78, 5) is 11.9. The second kappa shape index (κ2) is 7.54. The van der Waals surface area contributed by atoms with Gasteiger partial charge >= 0.3 is 5.97 Å². The molecule has 0 amide bonds. The molecule has 3 fully saturated rings. The zero-order valence-electron chi connectivity index (χ0n) is 19.1. The quantitative estimate of drug-likeness (QED) is 0.489. The first-order valence-corrected chi connectivity index (χ1v) is 12.4. The van der Waals surface area contributed by atoms with Gasteiger partial charge in [0, 0.05) is 22.4 Å². The highest BCUT2D eigenvalue weighted by atomic mass is 35.5. The Labute approximate surface area is 191 Å².